The molecule has 4 atom stereocenters. The lowest BCUT2D eigenvalue weighted by molar-refractivity contribution is -0.241. The standard InChI is InChI=1S/C33H50N4O5/c1-22(2)29-27(31(36-35-29)42-32-30(40)28(39)19-26(20-38)41-32)18-25-9-8-24(17-23(25)3)7-4-5-15-37-16-6-10-33(21-37)11-13-34-14-12-33/h4,7-9,17,22,26,28,30,32,34,38-40H,5-6,10-16,18-21H2,1-3H3,(H,35,36)/b7-4+/t26?,28?,30-,32?/m1/s1. The molecule has 3 fully saturated rings. The molecule has 9 heteroatoms. The number of likely N-dealkylation sites (tertiary alicyclic amines) is 1. The minimum absolute atomic E-state index is 0.152. The summed E-state index contributed by atoms with van der Waals surface area (Å²) in [6.45, 7) is 12.0. The van der Waals surface area contributed by atoms with E-state index in [1.54, 1.807) is 0 Å². The van der Waals surface area contributed by atoms with Crippen LogP contribution in [-0.2, 0) is 11.2 Å². The molecule has 3 unspecified atom stereocenters. The maximum atomic E-state index is 10.5. The summed E-state index contributed by atoms with van der Waals surface area (Å²) >= 11 is 0. The van der Waals surface area contributed by atoms with E-state index in [0.29, 0.717) is 17.7 Å². The summed E-state index contributed by atoms with van der Waals surface area (Å²) in [5.74, 6) is 0.533. The van der Waals surface area contributed by atoms with Crippen LogP contribution in [0.25, 0.3) is 6.08 Å². The number of nitrogens with zero attached hydrogens (tertiary/aromatic N) is 2. The molecule has 9 nitrogen and oxygen atoms in total. The van der Waals surface area contributed by atoms with Gasteiger partial charge in [-0.1, -0.05) is 44.2 Å². The van der Waals surface area contributed by atoms with Crippen LogP contribution >= 0.6 is 0 Å². The van der Waals surface area contributed by atoms with Gasteiger partial charge >= 0.3 is 0 Å². The second kappa shape index (κ2) is 14.0. The molecule has 0 saturated carbocycles. The molecule has 5 N–H and O–H groups in total. The fourth-order valence-electron chi connectivity index (χ4n) is 6.90. The number of ether oxygens (including phenoxy) is 2. The first kappa shape index (κ1) is 31.2. The number of benzene rings is 1. The van der Waals surface area contributed by atoms with Gasteiger partial charge in [0.2, 0.25) is 12.2 Å². The van der Waals surface area contributed by atoms with Crippen LogP contribution in [0.15, 0.2) is 24.3 Å². The van der Waals surface area contributed by atoms with Gasteiger partial charge in [-0.3, -0.25) is 5.10 Å². The SMILES string of the molecule is Cc1cc(/C=C/CCN2CCCC3(CCNCC3)C2)ccc1Cc1c(OC2OC(CO)CC(O)[C@H]2O)n[nH]c1C(C)C. The van der Waals surface area contributed by atoms with E-state index in [1.165, 1.54) is 68.6 Å². The Morgan fingerprint density at radius 2 is 2.02 bits per heavy atom. The van der Waals surface area contributed by atoms with Gasteiger partial charge in [0, 0.05) is 37.2 Å². The first-order valence-corrected chi connectivity index (χ1v) is 15.8. The van der Waals surface area contributed by atoms with Crippen LogP contribution in [0.2, 0.25) is 0 Å². The predicted molar refractivity (Wildman–Crippen MR) is 164 cm³/mol. The molecule has 3 aliphatic rings. The zero-order valence-corrected chi connectivity index (χ0v) is 25.5. The summed E-state index contributed by atoms with van der Waals surface area (Å²) in [5.41, 5.74) is 5.96. The van der Waals surface area contributed by atoms with E-state index in [1.807, 2.05) is 0 Å². The van der Waals surface area contributed by atoms with Gasteiger partial charge in [-0.05, 0) is 86.7 Å². The molecule has 0 aliphatic carbocycles. The molecule has 0 radical (unpaired) electrons. The molecule has 2 aromatic rings. The summed E-state index contributed by atoms with van der Waals surface area (Å²) in [5, 5.41) is 41.3. The highest BCUT2D eigenvalue weighted by Crippen LogP contribution is 2.38. The lowest BCUT2D eigenvalue weighted by atomic mass is 9.73. The molecule has 3 aliphatic heterocycles. The van der Waals surface area contributed by atoms with Gasteiger partial charge in [0.05, 0.1) is 18.8 Å². The van der Waals surface area contributed by atoms with Gasteiger partial charge in [0.1, 0.15) is 6.10 Å². The van der Waals surface area contributed by atoms with Crippen molar-refractivity contribution >= 4 is 6.08 Å². The minimum Gasteiger partial charge on any atom is -0.443 e. The molecule has 0 amide bonds. The Kier molecular flexibility index (Phi) is 10.4. The zero-order chi connectivity index (χ0) is 29.7. The lowest BCUT2D eigenvalue weighted by Gasteiger charge is -2.45. The third kappa shape index (κ3) is 7.44. The van der Waals surface area contributed by atoms with Crippen molar-refractivity contribution in [3.05, 3.63) is 52.2 Å². The number of hydrogen-bond donors (Lipinski definition) is 5. The number of rotatable bonds is 10. The van der Waals surface area contributed by atoms with Gasteiger partial charge in [-0.25, -0.2) is 0 Å². The second-order valence-electron chi connectivity index (χ2n) is 13.0. The summed E-state index contributed by atoms with van der Waals surface area (Å²) in [7, 11) is 0. The number of aliphatic hydroxyl groups is 3. The molecule has 3 saturated heterocycles. The van der Waals surface area contributed by atoms with Gasteiger partial charge in [0.15, 0.2) is 0 Å². The van der Waals surface area contributed by atoms with Crippen LogP contribution in [-0.4, -0.2) is 94.3 Å². The largest absolute Gasteiger partial charge is 0.443 e. The normalized spacial score (nSPS) is 26.8. The maximum Gasteiger partial charge on any atom is 0.238 e. The average Bonchev–Trinajstić information content (AvgIpc) is 3.37. The summed E-state index contributed by atoms with van der Waals surface area (Å²) < 4.78 is 11.7. The number of nitrogens with one attached hydrogen (secondary N) is 2. The maximum absolute atomic E-state index is 10.5. The summed E-state index contributed by atoms with van der Waals surface area (Å²) in [6, 6.07) is 6.55. The highest BCUT2D eigenvalue weighted by Gasteiger charge is 2.39. The van der Waals surface area contributed by atoms with Crippen LogP contribution in [0.3, 0.4) is 0 Å². The van der Waals surface area contributed by atoms with Gasteiger partial charge in [0.25, 0.3) is 0 Å². The Balaban J connectivity index is 1.21. The van der Waals surface area contributed by atoms with Gasteiger partial charge in [-0.15, -0.1) is 5.10 Å². The van der Waals surface area contributed by atoms with E-state index < -0.39 is 24.6 Å². The minimum atomic E-state index is -1.23. The highest BCUT2D eigenvalue weighted by atomic mass is 16.7. The molecule has 5 rings (SSSR count). The van der Waals surface area contributed by atoms with E-state index in [2.05, 4.69) is 71.5 Å². The molecular weight excluding hydrogens is 532 g/mol. The van der Waals surface area contributed by atoms with Crippen molar-refractivity contribution in [2.75, 3.05) is 39.3 Å². The van der Waals surface area contributed by atoms with Gasteiger partial charge < -0.3 is 35.0 Å². The van der Waals surface area contributed by atoms with E-state index in [-0.39, 0.29) is 18.9 Å². The number of H-pyrrole nitrogens is 1. The number of piperidine rings is 2. The van der Waals surface area contributed by atoms with E-state index in [0.717, 1.165) is 24.2 Å². The molecule has 1 aromatic heterocycles. The lowest BCUT2D eigenvalue weighted by Crippen LogP contribution is -2.51. The van der Waals surface area contributed by atoms with Crippen molar-refractivity contribution in [2.24, 2.45) is 5.41 Å². The first-order valence-electron chi connectivity index (χ1n) is 15.8. The summed E-state index contributed by atoms with van der Waals surface area (Å²) in [6.07, 6.45) is 7.73. The van der Waals surface area contributed by atoms with E-state index in [9.17, 15) is 15.3 Å². The molecule has 1 spiro atoms. The third-order valence-corrected chi connectivity index (χ3v) is 9.43. The van der Waals surface area contributed by atoms with Crippen LogP contribution in [0.1, 0.15) is 86.2 Å². The second-order valence-corrected chi connectivity index (χ2v) is 13.0. The Morgan fingerprint density at radius 1 is 1.21 bits per heavy atom. The Bertz CT molecular complexity index is 1190. The Morgan fingerprint density at radius 3 is 2.76 bits per heavy atom. The van der Waals surface area contributed by atoms with Crippen molar-refractivity contribution in [3.8, 4) is 5.88 Å². The van der Waals surface area contributed by atoms with Crippen LogP contribution in [0, 0.1) is 12.3 Å². The van der Waals surface area contributed by atoms with E-state index in [4.69, 9.17) is 9.47 Å². The smallest absolute Gasteiger partial charge is 0.238 e. The third-order valence-electron chi connectivity index (χ3n) is 9.43. The quantitative estimate of drug-likeness (QED) is 0.289. The molecular formula is C33H50N4O5. The van der Waals surface area contributed by atoms with Crippen molar-refractivity contribution in [3.63, 3.8) is 0 Å². The molecule has 1 aromatic carbocycles. The number of aliphatic hydroxyl groups excluding tert-OH is 3. The van der Waals surface area contributed by atoms with Crippen LogP contribution in [0.5, 0.6) is 5.88 Å². The molecule has 4 heterocycles. The molecule has 42 heavy (non-hydrogen) atoms. The number of aromatic nitrogens is 2. The summed E-state index contributed by atoms with van der Waals surface area (Å²) in [4.78, 5) is 2.67. The number of hydrogen-bond acceptors (Lipinski definition) is 8. The van der Waals surface area contributed by atoms with Gasteiger partial charge in [-0.2, -0.15) is 0 Å². The molecule has 232 valence electrons. The van der Waals surface area contributed by atoms with Crippen LogP contribution < -0.4 is 10.1 Å². The first-order chi connectivity index (χ1) is 20.3. The highest BCUT2D eigenvalue weighted by molar-refractivity contribution is 5.52. The van der Waals surface area contributed by atoms with E-state index >= 15 is 0 Å². The monoisotopic (exact) mass is 582 g/mol. The van der Waals surface area contributed by atoms with Crippen molar-refractivity contribution in [1.82, 2.24) is 20.4 Å². The predicted octanol–water partition coefficient (Wildman–Crippen LogP) is 3.51. The Labute approximate surface area is 250 Å². The number of aromatic amines is 1. The fraction of sp³-hybridized carbons (Fsp3) is 0.667. The van der Waals surface area contributed by atoms with Crippen molar-refractivity contribution in [1.29, 1.82) is 0 Å². The number of aryl methyl sites for hydroxylation is 1. The van der Waals surface area contributed by atoms with Crippen molar-refractivity contribution < 1.29 is 24.8 Å². The topological polar surface area (TPSA) is 123 Å². The van der Waals surface area contributed by atoms with Crippen molar-refractivity contribution in [2.45, 2.75) is 96.2 Å². The average molecular weight is 583 g/mol. The molecule has 0 bridgehead atoms. The fourth-order valence-corrected chi connectivity index (χ4v) is 6.90. The van der Waals surface area contributed by atoms with Crippen LogP contribution in [0.4, 0.5) is 0 Å². The Hall–Kier alpha value is -2.27. The zero-order valence-electron chi connectivity index (χ0n) is 25.5.